The van der Waals surface area contributed by atoms with E-state index in [0.29, 0.717) is 28.7 Å². The summed E-state index contributed by atoms with van der Waals surface area (Å²) in [5, 5.41) is 3.28. The Labute approximate surface area is 135 Å². The highest BCUT2D eigenvalue weighted by Crippen LogP contribution is 2.42. The molecule has 6 nitrogen and oxygen atoms in total. The summed E-state index contributed by atoms with van der Waals surface area (Å²) >= 11 is 0. The lowest BCUT2D eigenvalue weighted by molar-refractivity contribution is 0.349. The van der Waals surface area contributed by atoms with Crippen LogP contribution in [-0.4, -0.2) is 35.5 Å². The Morgan fingerprint density at radius 3 is 1.78 bits per heavy atom. The fourth-order valence-corrected chi connectivity index (χ4v) is 2.26. The lowest BCUT2D eigenvalue weighted by atomic mass is 10.2. The van der Waals surface area contributed by atoms with Gasteiger partial charge in [0.1, 0.15) is 5.75 Å². The molecule has 6 heteroatoms. The third-order valence-corrected chi connectivity index (χ3v) is 3.38. The summed E-state index contributed by atoms with van der Waals surface area (Å²) in [4.78, 5) is 0. The summed E-state index contributed by atoms with van der Waals surface area (Å²) in [6.07, 6.45) is 0. The Kier molecular flexibility index (Phi) is 5.41. The second-order valence-corrected chi connectivity index (χ2v) is 4.57. The highest BCUT2D eigenvalue weighted by atomic mass is 16.5. The lowest BCUT2D eigenvalue weighted by Crippen LogP contribution is -2.00. The predicted molar refractivity (Wildman–Crippen MR) is 88.9 cm³/mol. The molecule has 124 valence electrons. The molecule has 0 atom stereocenters. The predicted octanol–water partition coefficient (Wildman–Crippen LogP) is 3.47. The van der Waals surface area contributed by atoms with E-state index < -0.39 is 0 Å². The van der Waals surface area contributed by atoms with Crippen LogP contribution in [0.5, 0.6) is 28.7 Å². The molecule has 2 rings (SSSR count). The van der Waals surface area contributed by atoms with Crippen LogP contribution in [0.25, 0.3) is 0 Å². The van der Waals surface area contributed by atoms with Gasteiger partial charge in [-0.3, -0.25) is 0 Å². The van der Waals surface area contributed by atoms with Gasteiger partial charge in [-0.15, -0.1) is 0 Å². The van der Waals surface area contributed by atoms with Crippen molar-refractivity contribution >= 4 is 11.4 Å². The van der Waals surface area contributed by atoms with Gasteiger partial charge in [0.15, 0.2) is 23.0 Å². The van der Waals surface area contributed by atoms with Crippen molar-refractivity contribution in [3.8, 4) is 28.7 Å². The van der Waals surface area contributed by atoms with Gasteiger partial charge in [0.2, 0.25) is 0 Å². The maximum Gasteiger partial charge on any atom is 0.184 e. The smallest absolute Gasteiger partial charge is 0.184 e. The van der Waals surface area contributed by atoms with E-state index in [9.17, 15) is 0 Å². The summed E-state index contributed by atoms with van der Waals surface area (Å²) in [5.74, 6) is 3.04. The molecule has 0 spiro atoms. The highest BCUT2D eigenvalue weighted by Gasteiger charge is 2.15. The van der Waals surface area contributed by atoms with Crippen LogP contribution in [0.3, 0.4) is 0 Å². The van der Waals surface area contributed by atoms with Crippen molar-refractivity contribution in [2.45, 2.75) is 0 Å². The van der Waals surface area contributed by atoms with E-state index in [1.165, 1.54) is 0 Å². The number of anilines is 2. The Morgan fingerprint density at radius 2 is 1.22 bits per heavy atom. The average Bonchev–Trinajstić information content (AvgIpc) is 2.60. The molecule has 0 heterocycles. The first-order valence-corrected chi connectivity index (χ1v) is 6.96. The summed E-state index contributed by atoms with van der Waals surface area (Å²) < 4.78 is 26.8. The summed E-state index contributed by atoms with van der Waals surface area (Å²) in [6, 6.07) is 9.15. The molecule has 0 amide bonds. The van der Waals surface area contributed by atoms with E-state index in [2.05, 4.69) is 5.32 Å². The van der Waals surface area contributed by atoms with E-state index in [1.807, 2.05) is 18.2 Å². The molecule has 0 radical (unpaired) electrons. The van der Waals surface area contributed by atoms with Crippen LogP contribution in [0.2, 0.25) is 0 Å². The van der Waals surface area contributed by atoms with Crippen LogP contribution in [-0.2, 0) is 0 Å². The van der Waals surface area contributed by atoms with Gasteiger partial charge in [-0.1, -0.05) is 6.07 Å². The summed E-state index contributed by atoms with van der Waals surface area (Å²) in [7, 11) is 7.94. The second kappa shape index (κ2) is 7.49. The van der Waals surface area contributed by atoms with Crippen molar-refractivity contribution in [1.29, 1.82) is 0 Å². The standard InChI is InChI=1S/C17H21NO5/c1-19-13-8-6-7-11(17(13)23-5)18-12-9-15(21-3)16(22-4)10-14(12)20-2/h6-10,18H,1-5H3. The van der Waals surface area contributed by atoms with Gasteiger partial charge in [-0.25, -0.2) is 0 Å². The van der Waals surface area contributed by atoms with Gasteiger partial charge < -0.3 is 29.0 Å². The van der Waals surface area contributed by atoms with Gasteiger partial charge in [0.25, 0.3) is 0 Å². The maximum atomic E-state index is 5.43. The first-order valence-electron chi connectivity index (χ1n) is 6.96. The van der Waals surface area contributed by atoms with E-state index in [1.54, 1.807) is 47.7 Å². The third-order valence-electron chi connectivity index (χ3n) is 3.38. The second-order valence-electron chi connectivity index (χ2n) is 4.57. The maximum absolute atomic E-state index is 5.43. The molecule has 0 saturated heterocycles. The minimum atomic E-state index is 0.590. The van der Waals surface area contributed by atoms with Crippen LogP contribution in [0.15, 0.2) is 30.3 Å². The minimum Gasteiger partial charge on any atom is -0.494 e. The van der Waals surface area contributed by atoms with Gasteiger partial charge in [-0.05, 0) is 12.1 Å². The zero-order valence-corrected chi connectivity index (χ0v) is 13.9. The van der Waals surface area contributed by atoms with E-state index in [0.717, 1.165) is 11.4 Å². The molecule has 2 aromatic rings. The van der Waals surface area contributed by atoms with Crippen molar-refractivity contribution < 1.29 is 23.7 Å². The number of rotatable bonds is 7. The molecule has 0 bridgehead atoms. The zero-order chi connectivity index (χ0) is 16.8. The molecule has 0 aliphatic heterocycles. The lowest BCUT2D eigenvalue weighted by Gasteiger charge is -2.18. The average molecular weight is 319 g/mol. The first kappa shape index (κ1) is 16.6. The van der Waals surface area contributed by atoms with Crippen LogP contribution in [0.1, 0.15) is 0 Å². The molecule has 0 saturated carbocycles. The number of benzene rings is 2. The molecular formula is C17H21NO5. The third kappa shape index (κ3) is 3.36. The summed E-state index contributed by atoms with van der Waals surface area (Å²) in [6.45, 7) is 0. The molecule has 0 aromatic heterocycles. The summed E-state index contributed by atoms with van der Waals surface area (Å²) in [5.41, 5.74) is 1.47. The number of para-hydroxylation sites is 1. The first-order chi connectivity index (χ1) is 11.2. The molecule has 2 aromatic carbocycles. The van der Waals surface area contributed by atoms with Crippen molar-refractivity contribution in [2.24, 2.45) is 0 Å². The van der Waals surface area contributed by atoms with Gasteiger partial charge >= 0.3 is 0 Å². The minimum absolute atomic E-state index is 0.590. The monoisotopic (exact) mass is 319 g/mol. The van der Waals surface area contributed by atoms with Crippen molar-refractivity contribution in [3.05, 3.63) is 30.3 Å². The largest absolute Gasteiger partial charge is 0.494 e. The zero-order valence-electron chi connectivity index (χ0n) is 13.9. The van der Waals surface area contributed by atoms with Crippen LogP contribution >= 0.6 is 0 Å². The molecule has 0 aliphatic rings. The Hall–Kier alpha value is -2.76. The van der Waals surface area contributed by atoms with Crippen molar-refractivity contribution in [2.75, 3.05) is 40.9 Å². The number of hydrogen-bond acceptors (Lipinski definition) is 6. The van der Waals surface area contributed by atoms with Crippen LogP contribution in [0, 0.1) is 0 Å². The van der Waals surface area contributed by atoms with Gasteiger partial charge in [0, 0.05) is 12.1 Å². The van der Waals surface area contributed by atoms with Gasteiger partial charge in [-0.2, -0.15) is 0 Å². The molecule has 0 fully saturated rings. The van der Waals surface area contributed by atoms with E-state index >= 15 is 0 Å². The number of nitrogens with one attached hydrogen (secondary N) is 1. The van der Waals surface area contributed by atoms with Crippen molar-refractivity contribution in [3.63, 3.8) is 0 Å². The Morgan fingerprint density at radius 1 is 0.609 bits per heavy atom. The van der Waals surface area contributed by atoms with Gasteiger partial charge in [0.05, 0.1) is 46.9 Å². The number of ether oxygens (including phenoxy) is 5. The van der Waals surface area contributed by atoms with E-state index in [4.69, 9.17) is 23.7 Å². The Bertz CT molecular complexity index is 672. The quantitative estimate of drug-likeness (QED) is 0.843. The fraction of sp³-hybridized carbons (Fsp3) is 0.294. The molecule has 23 heavy (non-hydrogen) atoms. The fourth-order valence-electron chi connectivity index (χ4n) is 2.26. The molecule has 1 N–H and O–H groups in total. The van der Waals surface area contributed by atoms with Crippen molar-refractivity contribution in [1.82, 2.24) is 0 Å². The number of methoxy groups -OCH3 is 5. The van der Waals surface area contributed by atoms with Crippen LogP contribution in [0.4, 0.5) is 11.4 Å². The molecular weight excluding hydrogens is 298 g/mol. The normalized spacial score (nSPS) is 9.96. The van der Waals surface area contributed by atoms with Crippen LogP contribution < -0.4 is 29.0 Å². The SMILES string of the molecule is COc1cc(OC)c(OC)cc1Nc1cccc(OC)c1OC. The topological polar surface area (TPSA) is 58.2 Å². The number of hydrogen-bond donors (Lipinski definition) is 1. The molecule has 0 unspecified atom stereocenters. The molecule has 0 aliphatic carbocycles. The van der Waals surface area contributed by atoms with E-state index in [-0.39, 0.29) is 0 Å². The highest BCUT2D eigenvalue weighted by molar-refractivity contribution is 5.75. The Balaban J connectivity index is 2.47.